The molecule has 0 aliphatic rings. The molecule has 2 amide bonds. The standard InChI is InChI=1S/C10H8N2O2/c1-7(13)12-10(14)9-4-2-3-8(5-9)6-11/h2-5H,1H3,(H,12,13,14). The number of benzene rings is 1. The van der Waals surface area contributed by atoms with Gasteiger partial charge < -0.3 is 0 Å². The van der Waals surface area contributed by atoms with Gasteiger partial charge in [-0.2, -0.15) is 5.26 Å². The average molecular weight is 188 g/mol. The number of nitrogens with one attached hydrogen (secondary N) is 1. The Morgan fingerprint density at radius 3 is 2.71 bits per heavy atom. The predicted molar refractivity (Wildman–Crippen MR) is 49.3 cm³/mol. The average Bonchev–Trinajstić information content (AvgIpc) is 2.17. The van der Waals surface area contributed by atoms with Gasteiger partial charge in [0.1, 0.15) is 0 Å². The Kier molecular flexibility index (Phi) is 2.97. The zero-order chi connectivity index (χ0) is 10.6. The number of nitriles is 1. The molecule has 1 rings (SSSR count). The highest BCUT2D eigenvalue weighted by atomic mass is 16.2. The van der Waals surface area contributed by atoms with E-state index in [2.05, 4.69) is 5.32 Å². The number of nitrogens with zero attached hydrogens (tertiary/aromatic N) is 1. The zero-order valence-corrected chi connectivity index (χ0v) is 7.57. The van der Waals surface area contributed by atoms with Crippen LogP contribution in [0, 0.1) is 11.3 Å². The molecule has 0 aromatic heterocycles. The lowest BCUT2D eigenvalue weighted by Gasteiger charge is -2.00. The molecular weight excluding hydrogens is 180 g/mol. The van der Waals surface area contributed by atoms with Crippen molar-refractivity contribution in [3.8, 4) is 6.07 Å². The summed E-state index contributed by atoms with van der Waals surface area (Å²) in [4.78, 5) is 21.9. The molecule has 0 atom stereocenters. The van der Waals surface area contributed by atoms with Crippen molar-refractivity contribution >= 4 is 11.8 Å². The smallest absolute Gasteiger partial charge is 0.257 e. The van der Waals surface area contributed by atoms with Crippen LogP contribution in [0.4, 0.5) is 0 Å². The Hall–Kier alpha value is -2.15. The summed E-state index contributed by atoms with van der Waals surface area (Å²) in [5, 5.41) is 10.7. The maximum atomic E-state index is 11.3. The van der Waals surface area contributed by atoms with Crippen LogP contribution in [0.5, 0.6) is 0 Å². The summed E-state index contributed by atoms with van der Waals surface area (Å²) in [5.41, 5.74) is 0.695. The van der Waals surface area contributed by atoms with E-state index in [9.17, 15) is 9.59 Å². The van der Waals surface area contributed by atoms with E-state index >= 15 is 0 Å². The summed E-state index contributed by atoms with van der Waals surface area (Å²) >= 11 is 0. The van der Waals surface area contributed by atoms with Crippen molar-refractivity contribution in [2.75, 3.05) is 0 Å². The van der Waals surface area contributed by atoms with Gasteiger partial charge in [-0.3, -0.25) is 14.9 Å². The third-order valence-electron chi connectivity index (χ3n) is 1.54. The van der Waals surface area contributed by atoms with Gasteiger partial charge in [-0.15, -0.1) is 0 Å². The number of hydrogen-bond acceptors (Lipinski definition) is 3. The van der Waals surface area contributed by atoms with Gasteiger partial charge in [-0.05, 0) is 18.2 Å². The molecule has 0 fully saturated rings. The van der Waals surface area contributed by atoms with Crippen LogP contribution in [0.25, 0.3) is 0 Å². The highest BCUT2D eigenvalue weighted by Gasteiger charge is 2.06. The molecule has 0 saturated carbocycles. The van der Waals surface area contributed by atoms with E-state index in [-0.39, 0.29) is 0 Å². The molecular formula is C10H8N2O2. The lowest BCUT2D eigenvalue weighted by molar-refractivity contribution is -0.118. The minimum Gasteiger partial charge on any atom is -0.293 e. The lowest BCUT2D eigenvalue weighted by atomic mass is 10.1. The van der Waals surface area contributed by atoms with Crippen LogP contribution in [0.3, 0.4) is 0 Å². The monoisotopic (exact) mass is 188 g/mol. The second kappa shape index (κ2) is 4.19. The van der Waals surface area contributed by atoms with E-state index in [1.54, 1.807) is 18.2 Å². The number of carbonyl (C=O) groups excluding carboxylic acids is 2. The topological polar surface area (TPSA) is 70.0 Å². The first-order valence-electron chi connectivity index (χ1n) is 3.95. The van der Waals surface area contributed by atoms with Crippen molar-refractivity contribution in [2.24, 2.45) is 0 Å². The van der Waals surface area contributed by atoms with Crippen LogP contribution in [-0.4, -0.2) is 11.8 Å². The molecule has 4 nitrogen and oxygen atoms in total. The fourth-order valence-corrected chi connectivity index (χ4v) is 0.962. The van der Waals surface area contributed by atoms with Crippen LogP contribution in [0.15, 0.2) is 24.3 Å². The van der Waals surface area contributed by atoms with Crippen LogP contribution in [0.1, 0.15) is 22.8 Å². The van der Waals surface area contributed by atoms with Gasteiger partial charge in [0.25, 0.3) is 5.91 Å². The summed E-state index contributed by atoms with van der Waals surface area (Å²) in [6.07, 6.45) is 0. The fourth-order valence-electron chi connectivity index (χ4n) is 0.962. The molecule has 1 aromatic rings. The van der Waals surface area contributed by atoms with Crippen LogP contribution in [-0.2, 0) is 4.79 Å². The Morgan fingerprint density at radius 1 is 1.43 bits per heavy atom. The number of carbonyl (C=O) groups is 2. The molecule has 1 aromatic carbocycles. The van der Waals surface area contributed by atoms with E-state index in [1.807, 2.05) is 6.07 Å². The number of imide groups is 1. The van der Waals surface area contributed by atoms with Gasteiger partial charge in [0.2, 0.25) is 5.91 Å². The number of hydrogen-bond donors (Lipinski definition) is 1. The van der Waals surface area contributed by atoms with E-state index in [0.717, 1.165) is 0 Å². The van der Waals surface area contributed by atoms with Gasteiger partial charge in [0.05, 0.1) is 11.6 Å². The summed E-state index contributed by atoms with van der Waals surface area (Å²) < 4.78 is 0. The molecule has 0 bridgehead atoms. The van der Waals surface area contributed by atoms with Crippen LogP contribution < -0.4 is 5.32 Å². The molecule has 4 heteroatoms. The van der Waals surface area contributed by atoms with E-state index in [4.69, 9.17) is 5.26 Å². The highest BCUT2D eigenvalue weighted by molar-refractivity contribution is 6.04. The normalized spacial score (nSPS) is 8.86. The molecule has 0 spiro atoms. The summed E-state index contributed by atoms with van der Waals surface area (Å²) in [6.45, 7) is 1.26. The summed E-state index contributed by atoms with van der Waals surface area (Å²) in [6, 6.07) is 8.06. The molecule has 0 radical (unpaired) electrons. The number of amides is 2. The first-order chi connectivity index (χ1) is 6.63. The lowest BCUT2D eigenvalue weighted by Crippen LogP contribution is -2.27. The first kappa shape index (κ1) is 9.93. The SMILES string of the molecule is CC(=O)NC(=O)c1cccc(C#N)c1. The molecule has 1 N–H and O–H groups in total. The van der Waals surface area contributed by atoms with E-state index < -0.39 is 11.8 Å². The van der Waals surface area contributed by atoms with Crippen molar-refractivity contribution in [1.82, 2.24) is 5.32 Å². The van der Waals surface area contributed by atoms with Crippen molar-refractivity contribution in [3.63, 3.8) is 0 Å². The first-order valence-corrected chi connectivity index (χ1v) is 3.95. The van der Waals surface area contributed by atoms with Crippen LogP contribution in [0.2, 0.25) is 0 Å². The van der Waals surface area contributed by atoms with Gasteiger partial charge in [0.15, 0.2) is 0 Å². The Balaban J connectivity index is 2.91. The van der Waals surface area contributed by atoms with Crippen molar-refractivity contribution in [1.29, 1.82) is 5.26 Å². The maximum absolute atomic E-state index is 11.3. The molecule has 0 unspecified atom stereocenters. The van der Waals surface area contributed by atoms with E-state index in [1.165, 1.54) is 13.0 Å². The van der Waals surface area contributed by atoms with Gasteiger partial charge in [-0.1, -0.05) is 6.07 Å². The van der Waals surface area contributed by atoms with Crippen molar-refractivity contribution < 1.29 is 9.59 Å². The summed E-state index contributed by atoms with van der Waals surface area (Å²) in [5.74, 6) is -0.910. The zero-order valence-electron chi connectivity index (χ0n) is 7.57. The Labute approximate surface area is 81.2 Å². The quantitative estimate of drug-likeness (QED) is 0.709. The summed E-state index contributed by atoms with van der Waals surface area (Å²) in [7, 11) is 0. The molecule has 0 saturated heterocycles. The van der Waals surface area contributed by atoms with E-state index in [0.29, 0.717) is 11.1 Å². The molecule has 14 heavy (non-hydrogen) atoms. The van der Waals surface area contributed by atoms with Crippen molar-refractivity contribution in [3.05, 3.63) is 35.4 Å². The van der Waals surface area contributed by atoms with Gasteiger partial charge in [-0.25, -0.2) is 0 Å². The predicted octanol–water partition coefficient (Wildman–Crippen LogP) is 0.835. The van der Waals surface area contributed by atoms with Crippen molar-refractivity contribution in [2.45, 2.75) is 6.92 Å². The minimum atomic E-state index is -0.491. The molecule has 70 valence electrons. The third-order valence-corrected chi connectivity index (χ3v) is 1.54. The second-order valence-corrected chi connectivity index (χ2v) is 2.70. The molecule has 0 heterocycles. The largest absolute Gasteiger partial charge is 0.293 e. The second-order valence-electron chi connectivity index (χ2n) is 2.70. The van der Waals surface area contributed by atoms with Crippen LogP contribution >= 0.6 is 0 Å². The number of rotatable bonds is 1. The third kappa shape index (κ3) is 2.42. The fraction of sp³-hybridized carbons (Fsp3) is 0.100. The molecule has 0 aliphatic carbocycles. The highest BCUT2D eigenvalue weighted by Crippen LogP contribution is 2.03. The minimum absolute atomic E-state index is 0.305. The maximum Gasteiger partial charge on any atom is 0.257 e. The Bertz CT molecular complexity index is 418. The van der Waals surface area contributed by atoms with Gasteiger partial charge in [0, 0.05) is 12.5 Å². The van der Waals surface area contributed by atoms with Gasteiger partial charge >= 0.3 is 0 Å². The Morgan fingerprint density at radius 2 is 2.14 bits per heavy atom. The molecule has 0 aliphatic heterocycles.